The third kappa shape index (κ3) is 24.7. The Kier molecular flexibility index (Phi) is 27.7. The molecular formula is C40H60O6. The van der Waals surface area contributed by atoms with E-state index in [9.17, 15) is 9.59 Å². The van der Waals surface area contributed by atoms with Gasteiger partial charge in [0.2, 0.25) is 5.76 Å². The molecule has 1 aromatic rings. The molecule has 0 N–H and O–H groups in total. The Hall–Kier alpha value is -3.54. The van der Waals surface area contributed by atoms with Gasteiger partial charge in [0.05, 0.1) is 0 Å². The zero-order valence-corrected chi connectivity index (χ0v) is 28.7. The highest BCUT2D eigenvalue weighted by molar-refractivity contribution is 5.90. The van der Waals surface area contributed by atoms with Gasteiger partial charge in [0.25, 0.3) is 0 Å². The normalized spacial score (nSPS) is 12.6. The fraction of sp³-hybridized carbons (Fsp3) is 0.550. The van der Waals surface area contributed by atoms with E-state index in [1.165, 1.54) is 122 Å². The molecule has 46 heavy (non-hydrogen) atoms. The Labute approximate surface area is 278 Å². The van der Waals surface area contributed by atoms with Gasteiger partial charge in [-0.25, -0.2) is 19.4 Å². The quantitative estimate of drug-likeness (QED) is 0.0299. The van der Waals surface area contributed by atoms with Gasteiger partial charge in [0.15, 0.2) is 0 Å². The minimum Gasteiger partial charge on any atom is -0.285 e. The van der Waals surface area contributed by atoms with E-state index in [-0.39, 0.29) is 11.5 Å². The average molecular weight is 637 g/mol. The lowest BCUT2D eigenvalue weighted by Crippen LogP contribution is -2.12. The average Bonchev–Trinajstić information content (AvgIpc) is 3.04. The summed E-state index contributed by atoms with van der Waals surface area (Å²) in [5.41, 5.74) is 0. The van der Waals surface area contributed by atoms with Crippen molar-refractivity contribution in [2.75, 3.05) is 0 Å². The third-order valence-corrected chi connectivity index (χ3v) is 7.41. The molecule has 0 atom stereocenters. The first-order chi connectivity index (χ1) is 22.7. The summed E-state index contributed by atoms with van der Waals surface area (Å²) < 4.78 is 9.51. The molecular weight excluding hydrogens is 576 g/mol. The minimum absolute atomic E-state index is 0.168. The first-order valence-electron chi connectivity index (χ1n) is 17.9. The molecule has 0 aliphatic rings. The van der Waals surface area contributed by atoms with Crippen LogP contribution >= 0.6 is 0 Å². The van der Waals surface area contributed by atoms with E-state index in [0.717, 1.165) is 18.9 Å². The van der Waals surface area contributed by atoms with Crippen molar-refractivity contribution < 1.29 is 28.5 Å². The molecule has 0 unspecified atom stereocenters. The van der Waals surface area contributed by atoms with Crippen LogP contribution in [0.15, 0.2) is 88.1 Å². The van der Waals surface area contributed by atoms with Crippen LogP contribution in [-0.2, 0) is 14.6 Å². The molecule has 0 fully saturated rings. The molecule has 0 saturated heterocycles. The summed E-state index contributed by atoms with van der Waals surface area (Å²) in [5, 5.41) is 0. The van der Waals surface area contributed by atoms with E-state index in [0.29, 0.717) is 0 Å². The van der Waals surface area contributed by atoms with Gasteiger partial charge in [0, 0.05) is 6.08 Å². The van der Waals surface area contributed by atoms with E-state index in [2.05, 4.69) is 35.8 Å². The molecule has 0 aliphatic heterocycles. The van der Waals surface area contributed by atoms with E-state index in [1.807, 2.05) is 36.5 Å². The van der Waals surface area contributed by atoms with Crippen molar-refractivity contribution in [1.82, 2.24) is 0 Å². The standard InChI is InChI=1S/C40H60O6/c1-3-5-7-9-11-13-15-17-19-20-22-24-26-28-30-32-34-36-38(41)44-46-40(42)39-37(43-45-39)35-33-31-29-27-25-23-21-18-16-14-12-10-8-6-4-2/h22,24-36H,3-21,23H2,1-2H3/b24-22+,27-25+,28-26+,31-29+,32-30+,35-33+,36-34+. The predicted octanol–water partition coefficient (Wildman–Crippen LogP) is 12.7. The van der Waals surface area contributed by atoms with Gasteiger partial charge < -0.3 is 0 Å². The lowest BCUT2D eigenvalue weighted by molar-refractivity contribution is -0.230. The van der Waals surface area contributed by atoms with Crippen LogP contribution in [0.3, 0.4) is 0 Å². The van der Waals surface area contributed by atoms with Crippen LogP contribution in [0.1, 0.15) is 159 Å². The summed E-state index contributed by atoms with van der Waals surface area (Å²) in [6.45, 7) is 4.51. The molecule has 1 rings (SSSR count). The number of carbonyl (C=O) groups excluding carboxylic acids is 2. The predicted molar refractivity (Wildman–Crippen MR) is 190 cm³/mol. The summed E-state index contributed by atoms with van der Waals surface area (Å²) in [4.78, 5) is 32.9. The summed E-state index contributed by atoms with van der Waals surface area (Å²) in [6, 6.07) is 0. The summed E-state index contributed by atoms with van der Waals surface area (Å²) >= 11 is 0. The molecule has 0 bridgehead atoms. The second-order valence-corrected chi connectivity index (χ2v) is 11.6. The van der Waals surface area contributed by atoms with E-state index in [4.69, 9.17) is 9.15 Å². The highest BCUT2D eigenvalue weighted by Gasteiger charge is 2.25. The Morgan fingerprint density at radius 3 is 1.41 bits per heavy atom. The van der Waals surface area contributed by atoms with Crippen LogP contribution in [0.25, 0.3) is 6.08 Å². The lowest BCUT2D eigenvalue weighted by Gasteiger charge is -2.03. The van der Waals surface area contributed by atoms with Crippen LogP contribution in [-0.4, -0.2) is 11.9 Å². The first kappa shape index (κ1) is 40.5. The van der Waals surface area contributed by atoms with Gasteiger partial charge in [-0.1, -0.05) is 189 Å². The summed E-state index contributed by atoms with van der Waals surface area (Å²) in [6.07, 6.45) is 51.5. The number of hydrogen-bond donors (Lipinski definition) is 0. The zero-order chi connectivity index (χ0) is 33.2. The molecule has 0 spiro atoms. The number of allylic oxidation sites excluding steroid dienone is 12. The Balaban J connectivity index is 2.10. The smallest absolute Gasteiger partial charge is 0.285 e. The van der Waals surface area contributed by atoms with Gasteiger partial charge >= 0.3 is 17.7 Å². The van der Waals surface area contributed by atoms with Crippen molar-refractivity contribution in [3.63, 3.8) is 0 Å². The van der Waals surface area contributed by atoms with Gasteiger partial charge in [-0.2, -0.15) is 0 Å². The van der Waals surface area contributed by atoms with Gasteiger partial charge in [0.1, 0.15) is 0 Å². The van der Waals surface area contributed by atoms with Crippen molar-refractivity contribution in [1.29, 1.82) is 0 Å². The van der Waals surface area contributed by atoms with Crippen LogP contribution in [0.4, 0.5) is 0 Å². The zero-order valence-electron chi connectivity index (χ0n) is 28.7. The first-order valence-corrected chi connectivity index (χ1v) is 17.9. The van der Waals surface area contributed by atoms with Crippen molar-refractivity contribution in [2.24, 2.45) is 0 Å². The highest BCUT2D eigenvalue weighted by Crippen LogP contribution is 2.17. The van der Waals surface area contributed by atoms with Crippen molar-refractivity contribution in [3.8, 4) is 0 Å². The SMILES string of the molecule is CCCCCCCCCCC/C=C/C=C/C=C/C=C/C(=O)OOC(=O)c1ooc1/C=C/C=C/C=C/CCCCCCCCCCC. The number of hydrogen-bond acceptors (Lipinski definition) is 6. The maximum absolute atomic E-state index is 12.1. The van der Waals surface area contributed by atoms with Crippen molar-refractivity contribution >= 4 is 18.0 Å². The summed E-state index contributed by atoms with van der Waals surface area (Å²) in [5.74, 6) is -1.75. The molecule has 0 aromatic carbocycles. The molecule has 6 heteroatoms. The van der Waals surface area contributed by atoms with Crippen molar-refractivity contribution in [2.45, 2.75) is 142 Å². The number of carbonyl (C=O) groups is 2. The summed E-state index contributed by atoms with van der Waals surface area (Å²) in [7, 11) is 0. The van der Waals surface area contributed by atoms with Crippen LogP contribution in [0.2, 0.25) is 0 Å². The fourth-order valence-electron chi connectivity index (χ4n) is 4.67. The van der Waals surface area contributed by atoms with Crippen molar-refractivity contribution in [3.05, 3.63) is 90.5 Å². The molecule has 256 valence electrons. The van der Waals surface area contributed by atoms with Gasteiger partial charge in [-0.15, -0.1) is 0 Å². The topological polar surface area (TPSA) is 78.9 Å². The maximum Gasteiger partial charge on any atom is 0.430 e. The second-order valence-electron chi connectivity index (χ2n) is 11.6. The Bertz CT molecular complexity index is 1080. The van der Waals surface area contributed by atoms with Crippen LogP contribution in [0.5, 0.6) is 0 Å². The van der Waals surface area contributed by atoms with E-state index in [1.54, 1.807) is 24.3 Å². The Morgan fingerprint density at radius 2 is 0.935 bits per heavy atom. The Morgan fingerprint density at radius 1 is 0.500 bits per heavy atom. The lowest BCUT2D eigenvalue weighted by atomic mass is 10.1. The minimum atomic E-state index is -0.954. The highest BCUT2D eigenvalue weighted by atomic mass is 17.2. The van der Waals surface area contributed by atoms with Crippen LogP contribution in [0, 0.1) is 0 Å². The monoisotopic (exact) mass is 636 g/mol. The molecule has 6 nitrogen and oxygen atoms in total. The molecule has 0 radical (unpaired) electrons. The second kappa shape index (κ2) is 31.4. The van der Waals surface area contributed by atoms with Crippen LogP contribution < -0.4 is 0 Å². The maximum atomic E-state index is 12.1. The molecule has 0 aliphatic carbocycles. The molecule has 1 aromatic heterocycles. The largest absolute Gasteiger partial charge is 0.430 e. The molecule has 1 heterocycles. The van der Waals surface area contributed by atoms with Gasteiger partial charge in [-0.3, -0.25) is 9.15 Å². The van der Waals surface area contributed by atoms with E-state index < -0.39 is 11.9 Å². The molecule has 0 amide bonds. The fourth-order valence-corrected chi connectivity index (χ4v) is 4.67. The van der Waals surface area contributed by atoms with Gasteiger partial charge in [-0.05, 0) is 31.8 Å². The third-order valence-electron chi connectivity index (χ3n) is 7.41. The number of rotatable bonds is 28. The molecule has 0 saturated carbocycles. The number of unbranched alkanes of at least 4 members (excludes halogenated alkanes) is 18. The van der Waals surface area contributed by atoms with E-state index >= 15 is 0 Å².